The van der Waals surface area contributed by atoms with Crippen LogP contribution in [0.15, 0.2) is 42.2 Å². The van der Waals surface area contributed by atoms with E-state index in [1.165, 1.54) is 0 Å². The molecule has 0 bridgehead atoms. The average molecular weight is 247 g/mol. The van der Waals surface area contributed by atoms with Crippen LogP contribution in [0.25, 0.3) is 0 Å². The smallest absolute Gasteiger partial charge is 0.119 e. The van der Waals surface area contributed by atoms with Crippen molar-refractivity contribution in [2.75, 3.05) is 19.8 Å². The molecule has 1 aromatic rings. The lowest BCUT2D eigenvalue weighted by molar-refractivity contribution is 0.200. The van der Waals surface area contributed by atoms with Crippen LogP contribution in [0.4, 0.5) is 0 Å². The van der Waals surface area contributed by atoms with Gasteiger partial charge in [-0.2, -0.15) is 0 Å². The normalized spacial score (nSPS) is 15.9. The van der Waals surface area contributed by atoms with Crippen LogP contribution in [0.3, 0.4) is 0 Å². The van der Waals surface area contributed by atoms with Crippen molar-refractivity contribution in [3.63, 3.8) is 0 Å². The Balaban J connectivity index is 1.79. The van der Waals surface area contributed by atoms with Crippen LogP contribution in [0.5, 0.6) is 5.75 Å². The third-order valence-corrected chi connectivity index (χ3v) is 2.94. The maximum Gasteiger partial charge on any atom is 0.119 e. The summed E-state index contributed by atoms with van der Waals surface area (Å²) in [6.45, 7) is 4.57. The minimum absolute atomic E-state index is 0.279. The van der Waals surface area contributed by atoms with E-state index in [2.05, 4.69) is 18.3 Å². The predicted octanol–water partition coefficient (Wildman–Crippen LogP) is 2.74. The van der Waals surface area contributed by atoms with E-state index in [0.29, 0.717) is 6.61 Å². The van der Waals surface area contributed by atoms with Crippen LogP contribution >= 0.6 is 0 Å². The van der Waals surface area contributed by atoms with Crippen LogP contribution in [0.2, 0.25) is 0 Å². The first-order valence-electron chi connectivity index (χ1n) is 6.64. The van der Waals surface area contributed by atoms with Crippen molar-refractivity contribution in [1.29, 1.82) is 0 Å². The molecule has 0 spiro atoms. The highest BCUT2D eigenvalue weighted by Gasteiger charge is 2.17. The Kier molecular flexibility index (Phi) is 5.09. The summed E-state index contributed by atoms with van der Waals surface area (Å²) >= 11 is 0. The van der Waals surface area contributed by atoms with E-state index >= 15 is 0 Å². The van der Waals surface area contributed by atoms with E-state index in [1.54, 1.807) is 0 Å². The van der Waals surface area contributed by atoms with Gasteiger partial charge in [0.25, 0.3) is 0 Å². The molecule has 1 heterocycles. The van der Waals surface area contributed by atoms with E-state index in [-0.39, 0.29) is 6.04 Å². The Morgan fingerprint density at radius 2 is 2.17 bits per heavy atom. The number of para-hydroxylation sites is 1. The topological polar surface area (TPSA) is 30.5 Å². The van der Waals surface area contributed by atoms with Crippen molar-refractivity contribution in [2.45, 2.75) is 25.8 Å². The fraction of sp³-hybridized carbons (Fsp3) is 0.467. The summed E-state index contributed by atoms with van der Waals surface area (Å²) in [5.74, 6) is 2.00. The number of hydrogen-bond acceptors (Lipinski definition) is 3. The first-order valence-corrected chi connectivity index (χ1v) is 6.64. The van der Waals surface area contributed by atoms with Gasteiger partial charge in [0.1, 0.15) is 11.5 Å². The van der Waals surface area contributed by atoms with Crippen molar-refractivity contribution >= 4 is 0 Å². The highest BCUT2D eigenvalue weighted by Crippen LogP contribution is 2.16. The summed E-state index contributed by atoms with van der Waals surface area (Å²) in [7, 11) is 0. The zero-order valence-electron chi connectivity index (χ0n) is 10.9. The summed E-state index contributed by atoms with van der Waals surface area (Å²) in [5, 5.41) is 3.44. The summed E-state index contributed by atoms with van der Waals surface area (Å²) in [6, 6.07) is 10.2. The molecule has 3 nitrogen and oxygen atoms in total. The zero-order valence-corrected chi connectivity index (χ0v) is 10.9. The van der Waals surface area contributed by atoms with Crippen molar-refractivity contribution in [3.8, 4) is 5.75 Å². The van der Waals surface area contributed by atoms with Crippen LogP contribution in [-0.2, 0) is 4.74 Å². The summed E-state index contributed by atoms with van der Waals surface area (Å²) in [4.78, 5) is 0. The molecule has 1 unspecified atom stereocenters. The molecule has 98 valence electrons. The molecule has 1 aromatic carbocycles. The SMILES string of the molecule is CCNC(CCOc1ccccc1)C1=CCCO1. The molecule has 0 radical (unpaired) electrons. The van der Waals surface area contributed by atoms with E-state index in [9.17, 15) is 0 Å². The van der Waals surface area contributed by atoms with Crippen molar-refractivity contribution in [1.82, 2.24) is 5.32 Å². The van der Waals surface area contributed by atoms with Gasteiger partial charge in [0.15, 0.2) is 0 Å². The third kappa shape index (κ3) is 3.77. The fourth-order valence-corrected chi connectivity index (χ4v) is 2.08. The molecular weight excluding hydrogens is 226 g/mol. The zero-order chi connectivity index (χ0) is 12.6. The molecule has 0 saturated heterocycles. The second kappa shape index (κ2) is 7.07. The molecule has 0 aliphatic carbocycles. The second-order valence-corrected chi connectivity index (χ2v) is 4.30. The summed E-state index contributed by atoms with van der Waals surface area (Å²) in [6.07, 6.45) is 4.13. The van der Waals surface area contributed by atoms with Crippen LogP contribution in [-0.4, -0.2) is 25.8 Å². The molecule has 1 aliphatic rings. The molecule has 1 N–H and O–H groups in total. The highest BCUT2D eigenvalue weighted by molar-refractivity contribution is 5.20. The molecule has 0 fully saturated rings. The molecule has 1 aliphatic heterocycles. The third-order valence-electron chi connectivity index (χ3n) is 2.94. The van der Waals surface area contributed by atoms with Crippen LogP contribution < -0.4 is 10.1 Å². The van der Waals surface area contributed by atoms with Crippen LogP contribution in [0, 0.1) is 0 Å². The maximum absolute atomic E-state index is 5.72. The Morgan fingerprint density at radius 1 is 1.33 bits per heavy atom. The highest BCUT2D eigenvalue weighted by atomic mass is 16.5. The minimum Gasteiger partial charge on any atom is -0.496 e. The lowest BCUT2D eigenvalue weighted by Crippen LogP contribution is -2.32. The van der Waals surface area contributed by atoms with Gasteiger partial charge in [-0.1, -0.05) is 25.1 Å². The molecule has 3 heteroatoms. The standard InChI is InChI=1S/C15H21NO2/c1-2-16-14(15-9-6-11-18-15)10-12-17-13-7-4-3-5-8-13/h3-5,7-9,14,16H,2,6,10-12H2,1H3. The maximum atomic E-state index is 5.72. The molecule has 18 heavy (non-hydrogen) atoms. The van der Waals surface area contributed by atoms with Gasteiger partial charge < -0.3 is 14.8 Å². The van der Waals surface area contributed by atoms with E-state index in [1.807, 2.05) is 30.3 Å². The van der Waals surface area contributed by atoms with E-state index < -0.39 is 0 Å². The first kappa shape index (κ1) is 13.0. The number of ether oxygens (including phenoxy) is 2. The van der Waals surface area contributed by atoms with Crippen molar-refractivity contribution < 1.29 is 9.47 Å². The number of benzene rings is 1. The van der Waals surface area contributed by atoms with Gasteiger partial charge in [0, 0.05) is 12.8 Å². The van der Waals surface area contributed by atoms with Gasteiger partial charge in [-0.05, 0) is 24.8 Å². The number of nitrogens with one attached hydrogen (secondary N) is 1. The van der Waals surface area contributed by atoms with Gasteiger partial charge in [0.05, 0.1) is 19.3 Å². The predicted molar refractivity (Wildman–Crippen MR) is 72.7 cm³/mol. The quantitative estimate of drug-likeness (QED) is 0.803. The number of rotatable bonds is 7. The average Bonchev–Trinajstić information content (AvgIpc) is 2.93. The lowest BCUT2D eigenvalue weighted by atomic mass is 10.1. The molecule has 0 aromatic heterocycles. The van der Waals surface area contributed by atoms with Gasteiger partial charge in [-0.25, -0.2) is 0 Å². The van der Waals surface area contributed by atoms with Crippen LogP contribution in [0.1, 0.15) is 19.8 Å². The fourth-order valence-electron chi connectivity index (χ4n) is 2.08. The minimum atomic E-state index is 0.279. The molecule has 1 atom stereocenters. The number of likely N-dealkylation sites (N-methyl/N-ethyl adjacent to an activating group) is 1. The summed E-state index contributed by atoms with van der Waals surface area (Å²) < 4.78 is 11.3. The van der Waals surface area contributed by atoms with Gasteiger partial charge in [-0.3, -0.25) is 0 Å². The lowest BCUT2D eigenvalue weighted by Gasteiger charge is -2.19. The largest absolute Gasteiger partial charge is 0.496 e. The first-order chi connectivity index (χ1) is 8.90. The molecule has 2 rings (SSSR count). The van der Waals surface area contributed by atoms with Gasteiger partial charge in [-0.15, -0.1) is 0 Å². The van der Waals surface area contributed by atoms with Crippen molar-refractivity contribution in [3.05, 3.63) is 42.2 Å². The Morgan fingerprint density at radius 3 is 2.83 bits per heavy atom. The molecule has 0 amide bonds. The molecule has 0 saturated carbocycles. The monoisotopic (exact) mass is 247 g/mol. The van der Waals surface area contributed by atoms with E-state index in [4.69, 9.17) is 9.47 Å². The van der Waals surface area contributed by atoms with E-state index in [0.717, 1.165) is 37.5 Å². The van der Waals surface area contributed by atoms with Gasteiger partial charge >= 0.3 is 0 Å². The number of hydrogen-bond donors (Lipinski definition) is 1. The van der Waals surface area contributed by atoms with Gasteiger partial charge in [0.2, 0.25) is 0 Å². The Hall–Kier alpha value is -1.48. The second-order valence-electron chi connectivity index (χ2n) is 4.30. The Labute approximate surface area is 109 Å². The Bertz CT molecular complexity index is 375. The summed E-state index contributed by atoms with van der Waals surface area (Å²) in [5.41, 5.74) is 0. The van der Waals surface area contributed by atoms with Crippen molar-refractivity contribution in [2.24, 2.45) is 0 Å². The molecular formula is C15H21NO2.